The Hall–Kier alpha value is -2.86. The second kappa shape index (κ2) is 7.17. The normalized spacial score (nSPS) is 11.0. The maximum absolute atomic E-state index is 4.70. The summed E-state index contributed by atoms with van der Waals surface area (Å²) in [4.78, 5) is 13.3. The molecule has 0 spiro atoms. The van der Waals surface area contributed by atoms with Gasteiger partial charge in [-0.25, -0.2) is 15.0 Å². The zero-order valence-electron chi connectivity index (χ0n) is 14.8. The first kappa shape index (κ1) is 16.6. The van der Waals surface area contributed by atoms with Crippen molar-refractivity contribution in [3.8, 4) is 22.5 Å². The molecule has 5 nitrogen and oxygen atoms in total. The molecular formula is C20H19N5S. The lowest BCUT2D eigenvalue weighted by molar-refractivity contribution is 0.678. The van der Waals surface area contributed by atoms with E-state index in [0.29, 0.717) is 6.54 Å². The molecule has 0 fully saturated rings. The van der Waals surface area contributed by atoms with Gasteiger partial charge in [0.1, 0.15) is 5.82 Å². The first-order valence-corrected chi connectivity index (χ1v) is 9.51. The molecule has 0 unspecified atom stereocenters. The molecule has 3 aromatic heterocycles. The van der Waals surface area contributed by atoms with Crippen LogP contribution in [0.4, 0.5) is 0 Å². The van der Waals surface area contributed by atoms with Crippen LogP contribution in [0.3, 0.4) is 0 Å². The topological polar surface area (TPSA) is 56.5 Å². The Morgan fingerprint density at radius 2 is 2.00 bits per heavy atom. The minimum atomic E-state index is 0.689. The predicted molar refractivity (Wildman–Crippen MR) is 104 cm³/mol. The van der Waals surface area contributed by atoms with Crippen LogP contribution in [-0.4, -0.2) is 24.7 Å². The average molecular weight is 361 g/mol. The fourth-order valence-electron chi connectivity index (χ4n) is 2.91. The molecule has 4 aromatic rings. The lowest BCUT2D eigenvalue weighted by Gasteiger charge is -2.09. The fraction of sp³-hybridized carbons (Fsp3) is 0.200. The van der Waals surface area contributed by atoms with E-state index in [-0.39, 0.29) is 0 Å². The Morgan fingerprint density at radius 3 is 2.81 bits per heavy atom. The van der Waals surface area contributed by atoms with Crippen LogP contribution in [0, 0.1) is 6.92 Å². The van der Waals surface area contributed by atoms with Crippen LogP contribution >= 0.6 is 11.3 Å². The molecule has 0 radical (unpaired) electrons. The number of thiazole rings is 1. The van der Waals surface area contributed by atoms with Crippen molar-refractivity contribution in [2.75, 3.05) is 0 Å². The third-order valence-electron chi connectivity index (χ3n) is 4.25. The summed E-state index contributed by atoms with van der Waals surface area (Å²) in [6.07, 6.45) is 4.82. The van der Waals surface area contributed by atoms with E-state index in [4.69, 9.17) is 5.10 Å². The van der Waals surface area contributed by atoms with Gasteiger partial charge in [-0.3, -0.25) is 4.68 Å². The van der Waals surface area contributed by atoms with E-state index in [1.54, 1.807) is 11.3 Å². The molecule has 1 aromatic carbocycles. The molecule has 0 amide bonds. The maximum Gasteiger partial charge on any atom is 0.125 e. The quantitative estimate of drug-likeness (QED) is 0.529. The molecule has 4 rings (SSSR count). The molecule has 6 heteroatoms. The van der Waals surface area contributed by atoms with Gasteiger partial charge in [0.15, 0.2) is 0 Å². The zero-order chi connectivity index (χ0) is 17.9. The molecule has 0 aliphatic heterocycles. The van der Waals surface area contributed by atoms with Crippen LogP contribution in [-0.2, 0) is 13.0 Å². The first-order valence-electron chi connectivity index (χ1n) is 8.57. The van der Waals surface area contributed by atoms with Crippen LogP contribution < -0.4 is 0 Å². The lowest BCUT2D eigenvalue weighted by atomic mass is 10.0. The Labute approximate surface area is 156 Å². The molecule has 26 heavy (non-hydrogen) atoms. The summed E-state index contributed by atoms with van der Waals surface area (Å²) in [6.45, 7) is 4.74. The van der Waals surface area contributed by atoms with E-state index in [1.807, 2.05) is 41.0 Å². The highest BCUT2D eigenvalue weighted by Crippen LogP contribution is 2.27. The Bertz CT molecular complexity index is 1020. The van der Waals surface area contributed by atoms with Crippen molar-refractivity contribution in [1.82, 2.24) is 24.7 Å². The highest BCUT2D eigenvalue weighted by molar-refractivity contribution is 7.07. The summed E-state index contributed by atoms with van der Waals surface area (Å²) in [6, 6.07) is 10.4. The summed E-state index contributed by atoms with van der Waals surface area (Å²) in [5.41, 5.74) is 8.16. The van der Waals surface area contributed by atoms with Gasteiger partial charge in [0, 0.05) is 28.9 Å². The van der Waals surface area contributed by atoms with Crippen LogP contribution in [0.1, 0.15) is 24.0 Å². The van der Waals surface area contributed by atoms with Crippen molar-refractivity contribution in [3.05, 3.63) is 70.7 Å². The van der Waals surface area contributed by atoms with Crippen LogP contribution in [0.25, 0.3) is 22.5 Å². The zero-order valence-corrected chi connectivity index (χ0v) is 15.6. The van der Waals surface area contributed by atoms with Crippen LogP contribution in [0.5, 0.6) is 0 Å². The predicted octanol–water partition coefficient (Wildman–Crippen LogP) is 4.38. The van der Waals surface area contributed by atoms with Crippen LogP contribution in [0.2, 0.25) is 0 Å². The fourth-order valence-corrected chi connectivity index (χ4v) is 3.46. The molecule has 0 aliphatic rings. The third kappa shape index (κ3) is 3.41. The highest BCUT2D eigenvalue weighted by atomic mass is 32.1. The molecule has 0 aliphatic carbocycles. The lowest BCUT2D eigenvalue weighted by Crippen LogP contribution is -2.00. The van der Waals surface area contributed by atoms with Gasteiger partial charge >= 0.3 is 0 Å². The van der Waals surface area contributed by atoms with Gasteiger partial charge in [-0.15, -0.1) is 11.3 Å². The number of aromatic nitrogens is 5. The van der Waals surface area contributed by atoms with Crippen molar-refractivity contribution in [2.24, 2.45) is 0 Å². The Morgan fingerprint density at radius 1 is 1.12 bits per heavy atom. The van der Waals surface area contributed by atoms with Gasteiger partial charge in [0.2, 0.25) is 0 Å². The summed E-state index contributed by atoms with van der Waals surface area (Å²) < 4.78 is 1.92. The minimum absolute atomic E-state index is 0.689. The van der Waals surface area contributed by atoms with Crippen LogP contribution in [0.15, 0.2) is 53.6 Å². The second-order valence-electron chi connectivity index (χ2n) is 6.10. The van der Waals surface area contributed by atoms with Crippen molar-refractivity contribution < 1.29 is 0 Å². The number of aryl methyl sites for hydroxylation is 2. The standard InChI is InChI=1S/C20H19N5S/c1-3-15-10-21-14(2)23-20(15)17-6-4-5-16(9-17)19-7-8-25(24-19)11-18-12-26-13-22-18/h4-10,12-13H,3,11H2,1-2H3. The number of hydrogen-bond acceptors (Lipinski definition) is 5. The van der Waals surface area contributed by atoms with E-state index >= 15 is 0 Å². The number of benzene rings is 1. The average Bonchev–Trinajstić information content (AvgIpc) is 3.34. The van der Waals surface area contributed by atoms with Gasteiger partial charge in [0.05, 0.1) is 29.1 Å². The van der Waals surface area contributed by atoms with Crippen molar-refractivity contribution >= 4 is 11.3 Å². The molecule has 0 bridgehead atoms. The molecule has 0 saturated carbocycles. The van der Waals surface area contributed by atoms with Crippen molar-refractivity contribution in [2.45, 2.75) is 26.8 Å². The maximum atomic E-state index is 4.70. The Balaban J connectivity index is 1.66. The summed E-state index contributed by atoms with van der Waals surface area (Å²) in [7, 11) is 0. The second-order valence-corrected chi connectivity index (χ2v) is 6.82. The summed E-state index contributed by atoms with van der Waals surface area (Å²) >= 11 is 1.60. The van der Waals surface area contributed by atoms with E-state index < -0.39 is 0 Å². The minimum Gasteiger partial charge on any atom is -0.266 e. The SMILES string of the molecule is CCc1cnc(C)nc1-c1cccc(-c2ccn(Cc3cscn3)n2)c1. The number of rotatable bonds is 5. The number of hydrogen-bond donors (Lipinski definition) is 0. The van der Waals surface area contributed by atoms with Gasteiger partial charge in [-0.1, -0.05) is 25.1 Å². The molecule has 0 atom stereocenters. The summed E-state index contributed by atoms with van der Waals surface area (Å²) in [5, 5.41) is 6.75. The highest BCUT2D eigenvalue weighted by Gasteiger charge is 2.10. The van der Waals surface area contributed by atoms with Crippen molar-refractivity contribution in [1.29, 1.82) is 0 Å². The summed E-state index contributed by atoms with van der Waals surface area (Å²) in [5.74, 6) is 0.787. The molecule has 3 heterocycles. The molecular weight excluding hydrogens is 342 g/mol. The van der Waals surface area contributed by atoms with Gasteiger partial charge in [-0.2, -0.15) is 5.10 Å². The molecule has 0 saturated heterocycles. The first-order chi connectivity index (χ1) is 12.7. The Kier molecular flexibility index (Phi) is 4.58. The van der Waals surface area contributed by atoms with Crippen molar-refractivity contribution in [3.63, 3.8) is 0 Å². The van der Waals surface area contributed by atoms with E-state index in [1.165, 1.54) is 0 Å². The van der Waals surface area contributed by atoms with E-state index in [0.717, 1.165) is 46.0 Å². The van der Waals surface area contributed by atoms with Gasteiger partial charge in [0.25, 0.3) is 0 Å². The van der Waals surface area contributed by atoms with E-state index in [2.05, 4.69) is 46.1 Å². The van der Waals surface area contributed by atoms with Gasteiger partial charge in [-0.05, 0) is 31.0 Å². The molecule has 0 N–H and O–H groups in total. The monoisotopic (exact) mass is 361 g/mol. The third-order valence-corrected chi connectivity index (χ3v) is 4.88. The molecule has 130 valence electrons. The van der Waals surface area contributed by atoms with Gasteiger partial charge < -0.3 is 0 Å². The van der Waals surface area contributed by atoms with E-state index in [9.17, 15) is 0 Å². The number of nitrogens with zero attached hydrogens (tertiary/aromatic N) is 5. The largest absolute Gasteiger partial charge is 0.266 e. The smallest absolute Gasteiger partial charge is 0.125 e.